The number of aromatic hydroxyl groups is 2. The van der Waals surface area contributed by atoms with Crippen LogP contribution >= 0.6 is 33.2 Å². The van der Waals surface area contributed by atoms with Crippen LogP contribution in [0.1, 0.15) is 72.1 Å². The van der Waals surface area contributed by atoms with Crippen LogP contribution in [0, 0.1) is 0 Å². The maximum absolute atomic E-state index is 14.8. The number of carbonyl (C=O) groups excluding carboxylic acids is 10. The Morgan fingerprint density at radius 3 is 1.73 bits per heavy atom. The summed E-state index contributed by atoms with van der Waals surface area (Å²) in [5.41, 5.74) is 13.5. The molecular weight excluding hydrogens is 1110 g/mol. The zero-order chi connectivity index (χ0) is 59.2. The minimum absolute atomic E-state index is 0.0549. The summed E-state index contributed by atoms with van der Waals surface area (Å²) in [5.74, 6) is -8.85. The Kier molecular flexibility index (Phi) is 25.1. The van der Waals surface area contributed by atoms with Crippen molar-refractivity contribution in [3.63, 3.8) is 0 Å². The molecule has 26 heteroatoms. The Balaban J connectivity index is 1.57. The van der Waals surface area contributed by atoms with E-state index in [-0.39, 0.29) is 86.0 Å². The standard InChI is InChI=1S/C55H67ClN10O13S2/c1-30(67)47-55(79)65-45(54(78)62-41(49(58)73)25-34-10-19-38(69)20-11-34)29-81-80-28-44(60-46(71)23-14-32-8-17-37(56)18-9-32)53(77)64-43(27-35-12-21-39(70)22-13-35)52(76)63-42(26-33-6-15-36(16-7-33)48(57)72)51(75)61-40(50(74)66-47)5-3-4-24-59-31(2)68/h6-13,15-22,30,40-45,47,67,69-70H,3-5,14,23-29H2,1-2H3,(H2,57,72)(H2,58,73)(H,59,68)(H,60,71)(H,61,75)(H,62,78)(H,63,76)(H,64,77)(H,65,79)(H,66,74)/t30-,40+,41?,42-,43+,44-,45+,47+/m1/s1. The first-order valence-corrected chi connectivity index (χ1v) is 28.7. The number of carbonyl (C=O) groups is 10. The van der Waals surface area contributed by atoms with Gasteiger partial charge in [0.1, 0.15) is 53.8 Å². The van der Waals surface area contributed by atoms with E-state index in [1.165, 1.54) is 86.6 Å². The third kappa shape index (κ3) is 21.6. The Morgan fingerprint density at radius 1 is 0.654 bits per heavy atom. The SMILES string of the molecule is CC(=O)NCCCC[C@@H]1NC(=O)[C@@H](Cc2ccc(C(N)=O)cc2)NC(=O)[C@H](Cc2ccc(O)cc2)NC(=O)[C@H](NC(=O)CCc2ccc(Cl)cc2)CSSC[C@@H](C(=O)NC(Cc2ccc(O)cc2)C(N)=O)NC(=O)[C@H]([C@@H](C)O)NC1=O. The van der Waals surface area contributed by atoms with E-state index in [9.17, 15) is 63.3 Å². The topological polar surface area (TPSA) is 380 Å². The van der Waals surface area contributed by atoms with Crippen LogP contribution in [-0.4, -0.2) is 141 Å². The molecule has 4 aromatic rings. The molecule has 1 unspecified atom stereocenters. The normalized spacial score (nSPS) is 20.3. The van der Waals surface area contributed by atoms with E-state index in [0.717, 1.165) is 27.2 Å². The molecule has 1 aliphatic rings. The number of aliphatic hydroxyl groups excluding tert-OH is 1. The van der Waals surface area contributed by atoms with E-state index in [0.29, 0.717) is 28.1 Å². The summed E-state index contributed by atoms with van der Waals surface area (Å²) in [6, 6.07) is 13.6. The van der Waals surface area contributed by atoms with Gasteiger partial charge in [0.05, 0.1) is 6.10 Å². The first kappa shape index (κ1) is 64.0. The highest BCUT2D eigenvalue weighted by Gasteiger charge is 2.36. The van der Waals surface area contributed by atoms with Gasteiger partial charge in [-0.05, 0) is 103 Å². The summed E-state index contributed by atoms with van der Waals surface area (Å²) >= 11 is 6.07. The molecule has 10 amide bonds. The Labute approximate surface area is 480 Å². The second-order valence-electron chi connectivity index (χ2n) is 19.2. The molecule has 8 atom stereocenters. The van der Waals surface area contributed by atoms with Crippen LogP contribution in [0.25, 0.3) is 0 Å². The summed E-state index contributed by atoms with van der Waals surface area (Å²) in [4.78, 5) is 137. The number of aliphatic hydroxyl groups is 1. The molecule has 23 nitrogen and oxygen atoms in total. The molecule has 0 aliphatic carbocycles. The molecule has 81 heavy (non-hydrogen) atoms. The first-order valence-electron chi connectivity index (χ1n) is 25.8. The monoisotopic (exact) mass is 1170 g/mol. The van der Waals surface area contributed by atoms with Gasteiger partial charge in [0.2, 0.25) is 59.1 Å². The van der Waals surface area contributed by atoms with Crippen LogP contribution in [0.15, 0.2) is 97.1 Å². The van der Waals surface area contributed by atoms with Gasteiger partial charge in [-0.2, -0.15) is 0 Å². The number of amides is 10. The summed E-state index contributed by atoms with van der Waals surface area (Å²) in [5, 5.41) is 52.5. The minimum atomic E-state index is -1.78. The van der Waals surface area contributed by atoms with Gasteiger partial charge in [-0.15, -0.1) is 0 Å². The second-order valence-corrected chi connectivity index (χ2v) is 22.2. The Hall–Kier alpha value is -7.87. The Bertz CT molecular complexity index is 2850. The van der Waals surface area contributed by atoms with Crippen molar-refractivity contribution in [3.8, 4) is 11.5 Å². The summed E-state index contributed by atoms with van der Waals surface area (Å²) in [6.07, 6.45) is -1.66. The molecule has 4 aromatic carbocycles. The van der Waals surface area contributed by atoms with E-state index in [1.807, 2.05) is 0 Å². The minimum Gasteiger partial charge on any atom is -0.508 e. The number of hydrogen-bond acceptors (Lipinski definition) is 15. The van der Waals surface area contributed by atoms with E-state index in [1.54, 1.807) is 24.3 Å². The van der Waals surface area contributed by atoms with Crippen LogP contribution in [-0.2, 0) is 68.8 Å². The van der Waals surface area contributed by atoms with Gasteiger partial charge >= 0.3 is 0 Å². The van der Waals surface area contributed by atoms with Crippen molar-refractivity contribution in [3.05, 3.63) is 130 Å². The van der Waals surface area contributed by atoms with Crippen molar-refractivity contribution in [2.45, 2.75) is 114 Å². The van der Waals surface area contributed by atoms with Gasteiger partial charge in [0, 0.05) is 61.2 Å². The first-order chi connectivity index (χ1) is 38.5. The fourth-order valence-corrected chi connectivity index (χ4v) is 10.7. The fraction of sp³-hybridized carbons (Fsp3) is 0.382. The fourth-order valence-electron chi connectivity index (χ4n) is 8.21. The average Bonchev–Trinajstić information content (AvgIpc) is 3.42. The molecule has 5 rings (SSSR count). The highest BCUT2D eigenvalue weighted by atomic mass is 35.5. The smallest absolute Gasteiger partial charge is 0.248 e. The van der Waals surface area contributed by atoms with Crippen molar-refractivity contribution in [1.82, 2.24) is 42.5 Å². The highest BCUT2D eigenvalue weighted by molar-refractivity contribution is 8.76. The molecule has 0 saturated carbocycles. The van der Waals surface area contributed by atoms with Crippen LogP contribution in [0.3, 0.4) is 0 Å². The zero-order valence-electron chi connectivity index (χ0n) is 44.4. The molecule has 434 valence electrons. The van der Waals surface area contributed by atoms with Crippen LogP contribution in [0.2, 0.25) is 5.02 Å². The van der Waals surface area contributed by atoms with Gasteiger partial charge in [-0.25, -0.2) is 0 Å². The summed E-state index contributed by atoms with van der Waals surface area (Å²) in [7, 11) is 1.95. The van der Waals surface area contributed by atoms with Crippen molar-refractivity contribution >= 4 is 92.3 Å². The Morgan fingerprint density at radius 2 is 1.17 bits per heavy atom. The maximum atomic E-state index is 14.8. The van der Waals surface area contributed by atoms with E-state index >= 15 is 0 Å². The van der Waals surface area contributed by atoms with Crippen LogP contribution in [0.5, 0.6) is 11.5 Å². The maximum Gasteiger partial charge on any atom is 0.248 e. The highest BCUT2D eigenvalue weighted by Crippen LogP contribution is 2.24. The van der Waals surface area contributed by atoms with Gasteiger partial charge in [0.15, 0.2) is 0 Å². The molecule has 15 N–H and O–H groups in total. The number of unbranched alkanes of at least 4 members (excludes halogenated alkanes) is 1. The number of benzene rings is 4. The molecule has 1 fully saturated rings. The van der Waals surface area contributed by atoms with E-state index in [2.05, 4.69) is 42.5 Å². The third-order valence-corrected chi connectivity index (χ3v) is 15.4. The second kappa shape index (κ2) is 31.8. The quantitative estimate of drug-likeness (QED) is 0.0423. The number of aryl methyl sites for hydroxylation is 1. The number of phenols is 2. The van der Waals surface area contributed by atoms with Crippen molar-refractivity contribution in [2.24, 2.45) is 11.5 Å². The molecule has 1 heterocycles. The van der Waals surface area contributed by atoms with Crippen LogP contribution in [0.4, 0.5) is 0 Å². The summed E-state index contributed by atoms with van der Waals surface area (Å²) < 4.78 is 0. The predicted octanol–water partition coefficient (Wildman–Crippen LogP) is 0.472. The van der Waals surface area contributed by atoms with Crippen molar-refractivity contribution < 1.29 is 63.3 Å². The number of primary amides is 2. The lowest BCUT2D eigenvalue weighted by Gasteiger charge is -2.29. The molecule has 0 bridgehead atoms. The van der Waals surface area contributed by atoms with Crippen molar-refractivity contribution in [2.75, 3.05) is 18.1 Å². The van der Waals surface area contributed by atoms with Gasteiger partial charge in [-0.3, -0.25) is 47.9 Å². The number of nitrogens with two attached hydrogens (primary N) is 2. The largest absolute Gasteiger partial charge is 0.508 e. The van der Waals surface area contributed by atoms with Crippen molar-refractivity contribution in [1.29, 1.82) is 0 Å². The molecular formula is C55H67ClN10O13S2. The van der Waals surface area contributed by atoms with Gasteiger partial charge in [-0.1, -0.05) is 81.7 Å². The lowest BCUT2D eigenvalue weighted by molar-refractivity contribution is -0.136. The molecule has 0 aromatic heterocycles. The lowest BCUT2D eigenvalue weighted by atomic mass is 10.00. The zero-order valence-corrected chi connectivity index (χ0v) is 46.8. The molecule has 1 aliphatic heterocycles. The van der Waals surface area contributed by atoms with Gasteiger partial charge in [0.25, 0.3) is 0 Å². The number of halogens is 1. The predicted molar refractivity (Wildman–Crippen MR) is 304 cm³/mol. The summed E-state index contributed by atoms with van der Waals surface area (Å²) in [6.45, 7) is 2.72. The van der Waals surface area contributed by atoms with E-state index in [4.69, 9.17) is 23.1 Å². The molecule has 0 radical (unpaired) electrons. The number of phenolic OH excluding ortho intramolecular Hbond substituents is 2. The lowest BCUT2D eigenvalue weighted by Crippen LogP contribution is -2.62. The third-order valence-electron chi connectivity index (χ3n) is 12.7. The average molecular weight is 1180 g/mol. The van der Waals surface area contributed by atoms with Gasteiger partial charge < -0.3 is 69.3 Å². The van der Waals surface area contributed by atoms with Crippen LogP contribution < -0.4 is 54.0 Å². The number of nitrogens with one attached hydrogen (secondary N) is 8. The van der Waals surface area contributed by atoms with E-state index < -0.39 is 102 Å². The number of hydrogen-bond donors (Lipinski definition) is 13. The molecule has 0 spiro atoms. The molecule has 1 saturated heterocycles. The number of rotatable bonds is 20.